The Labute approximate surface area is 181 Å². The maximum Gasteiger partial charge on any atom is 0.262 e. The van der Waals surface area contributed by atoms with Gasteiger partial charge in [-0.2, -0.15) is 0 Å². The summed E-state index contributed by atoms with van der Waals surface area (Å²) in [6.45, 7) is 3.88. The minimum Gasteiger partial charge on any atom is -0.311 e. The van der Waals surface area contributed by atoms with E-state index in [9.17, 15) is 19.2 Å². The van der Waals surface area contributed by atoms with Crippen molar-refractivity contribution in [2.45, 2.75) is 63.1 Å². The van der Waals surface area contributed by atoms with Crippen LogP contribution in [0.15, 0.2) is 18.2 Å². The van der Waals surface area contributed by atoms with E-state index in [1.165, 1.54) is 19.3 Å². The van der Waals surface area contributed by atoms with E-state index in [0.29, 0.717) is 16.7 Å². The van der Waals surface area contributed by atoms with Crippen LogP contribution in [0.3, 0.4) is 0 Å². The molecule has 1 aromatic rings. The van der Waals surface area contributed by atoms with Crippen LogP contribution in [0.2, 0.25) is 0 Å². The van der Waals surface area contributed by atoms with Gasteiger partial charge in [-0.05, 0) is 56.3 Å². The topological polar surface area (TPSA) is 98.8 Å². The van der Waals surface area contributed by atoms with E-state index < -0.39 is 23.8 Å². The predicted octanol–water partition coefficient (Wildman–Crippen LogP) is 1.20. The van der Waals surface area contributed by atoms with E-state index in [1.54, 1.807) is 12.1 Å². The fraction of sp³-hybridized carbons (Fsp3) is 0.565. The molecule has 4 heterocycles. The highest BCUT2D eigenvalue weighted by molar-refractivity contribution is 6.23. The Morgan fingerprint density at radius 2 is 1.74 bits per heavy atom. The summed E-state index contributed by atoms with van der Waals surface area (Å²) in [5.74, 6) is -1.85. The van der Waals surface area contributed by atoms with Gasteiger partial charge in [-0.25, -0.2) is 0 Å². The third-order valence-corrected chi connectivity index (χ3v) is 7.31. The van der Waals surface area contributed by atoms with Gasteiger partial charge < -0.3 is 5.32 Å². The van der Waals surface area contributed by atoms with Crippen LogP contribution in [-0.4, -0.2) is 64.6 Å². The Kier molecular flexibility index (Phi) is 5.14. The van der Waals surface area contributed by atoms with Crippen LogP contribution in [0.5, 0.6) is 0 Å². The minimum atomic E-state index is -0.921. The van der Waals surface area contributed by atoms with Gasteiger partial charge in [0.1, 0.15) is 6.04 Å². The molecule has 8 nitrogen and oxygen atoms in total. The van der Waals surface area contributed by atoms with Gasteiger partial charge in [0.2, 0.25) is 11.8 Å². The standard InChI is InChI=1S/C23H28N4O4/c28-19-6-5-18(20(29)25-19)27-21(30)16-4-3-15(13-17(16)22(27)31)14-26-11-8-23(9-12-26)7-1-2-10-24-23/h3-4,13,18,24H,1-2,5-12,14H2,(H,25,28,29). The molecule has 8 heteroatoms. The molecule has 1 atom stereocenters. The van der Waals surface area contributed by atoms with E-state index in [4.69, 9.17) is 0 Å². The average Bonchev–Trinajstić information content (AvgIpc) is 3.01. The summed E-state index contributed by atoms with van der Waals surface area (Å²) in [6, 6.07) is 4.48. The number of nitrogens with one attached hydrogen (secondary N) is 2. The Morgan fingerprint density at radius 1 is 0.968 bits per heavy atom. The van der Waals surface area contributed by atoms with Gasteiger partial charge in [0.25, 0.3) is 11.8 Å². The summed E-state index contributed by atoms with van der Waals surface area (Å²) in [5, 5.41) is 5.97. The van der Waals surface area contributed by atoms with Crippen molar-refractivity contribution in [3.63, 3.8) is 0 Å². The largest absolute Gasteiger partial charge is 0.311 e. The zero-order valence-electron chi connectivity index (χ0n) is 17.6. The quantitative estimate of drug-likeness (QED) is 0.708. The SMILES string of the molecule is O=C1CCC(N2C(=O)c3ccc(CN4CCC5(CCCCN5)CC4)cc3C2=O)C(=O)N1. The van der Waals surface area contributed by atoms with E-state index in [-0.39, 0.29) is 18.7 Å². The number of amides is 4. The number of imide groups is 2. The Hall–Kier alpha value is -2.58. The number of hydrogen-bond donors (Lipinski definition) is 2. The van der Waals surface area contributed by atoms with Crippen molar-refractivity contribution < 1.29 is 19.2 Å². The molecule has 5 rings (SSSR count). The van der Waals surface area contributed by atoms with Crippen LogP contribution in [0.25, 0.3) is 0 Å². The summed E-state index contributed by atoms with van der Waals surface area (Å²) in [4.78, 5) is 52.9. The van der Waals surface area contributed by atoms with Crippen molar-refractivity contribution in [1.82, 2.24) is 20.4 Å². The number of carbonyl (C=O) groups is 4. The smallest absolute Gasteiger partial charge is 0.262 e. The molecule has 2 N–H and O–H groups in total. The van der Waals surface area contributed by atoms with Gasteiger partial charge in [-0.1, -0.05) is 12.5 Å². The number of piperidine rings is 3. The van der Waals surface area contributed by atoms with Gasteiger partial charge in [-0.3, -0.25) is 34.3 Å². The molecule has 0 aromatic heterocycles. The second kappa shape index (κ2) is 7.84. The summed E-state index contributed by atoms with van der Waals surface area (Å²) >= 11 is 0. The lowest BCUT2D eigenvalue weighted by atomic mass is 9.80. The van der Waals surface area contributed by atoms with E-state index in [2.05, 4.69) is 15.5 Å². The van der Waals surface area contributed by atoms with Crippen LogP contribution in [0.4, 0.5) is 0 Å². The van der Waals surface area contributed by atoms with Crippen molar-refractivity contribution in [3.05, 3.63) is 34.9 Å². The van der Waals surface area contributed by atoms with Gasteiger partial charge >= 0.3 is 0 Å². The Balaban J connectivity index is 1.27. The summed E-state index contributed by atoms with van der Waals surface area (Å²) in [6.07, 6.45) is 6.40. The fourth-order valence-corrected chi connectivity index (χ4v) is 5.47. The van der Waals surface area contributed by atoms with Crippen molar-refractivity contribution in [2.75, 3.05) is 19.6 Å². The zero-order valence-corrected chi connectivity index (χ0v) is 17.6. The molecule has 0 bridgehead atoms. The van der Waals surface area contributed by atoms with Crippen LogP contribution in [0.1, 0.15) is 71.2 Å². The maximum atomic E-state index is 13.0. The Morgan fingerprint density at radius 3 is 2.45 bits per heavy atom. The number of fused-ring (bicyclic) bond motifs is 1. The van der Waals surface area contributed by atoms with Crippen molar-refractivity contribution in [3.8, 4) is 0 Å². The second-order valence-electron chi connectivity index (χ2n) is 9.27. The van der Waals surface area contributed by atoms with E-state index >= 15 is 0 Å². The van der Waals surface area contributed by atoms with Gasteiger partial charge in [0.05, 0.1) is 11.1 Å². The molecule has 31 heavy (non-hydrogen) atoms. The van der Waals surface area contributed by atoms with E-state index in [1.807, 2.05) is 6.07 Å². The van der Waals surface area contributed by atoms with Crippen molar-refractivity contribution in [2.24, 2.45) is 0 Å². The van der Waals surface area contributed by atoms with Gasteiger partial charge in [-0.15, -0.1) is 0 Å². The van der Waals surface area contributed by atoms with Crippen LogP contribution in [0, 0.1) is 0 Å². The first-order chi connectivity index (χ1) is 15.0. The minimum absolute atomic E-state index is 0.125. The Bertz CT molecular complexity index is 943. The first kappa shape index (κ1) is 20.3. The summed E-state index contributed by atoms with van der Waals surface area (Å²) in [5.41, 5.74) is 1.99. The molecule has 1 spiro atoms. The maximum absolute atomic E-state index is 13.0. The van der Waals surface area contributed by atoms with Crippen LogP contribution in [-0.2, 0) is 16.1 Å². The van der Waals surface area contributed by atoms with Crippen molar-refractivity contribution >= 4 is 23.6 Å². The molecule has 0 aliphatic carbocycles. The molecule has 3 fully saturated rings. The van der Waals surface area contributed by atoms with Crippen molar-refractivity contribution in [1.29, 1.82) is 0 Å². The monoisotopic (exact) mass is 424 g/mol. The molecular weight excluding hydrogens is 396 g/mol. The highest BCUT2D eigenvalue weighted by atomic mass is 16.2. The lowest BCUT2D eigenvalue weighted by molar-refractivity contribution is -0.136. The average molecular weight is 425 g/mol. The normalized spacial score (nSPS) is 26.3. The number of benzene rings is 1. The highest BCUT2D eigenvalue weighted by Crippen LogP contribution is 2.32. The molecule has 1 unspecified atom stereocenters. The molecular formula is C23H28N4O4. The molecule has 164 valence electrons. The molecule has 4 amide bonds. The first-order valence-electron chi connectivity index (χ1n) is 11.3. The molecule has 4 aliphatic heterocycles. The number of carbonyl (C=O) groups excluding carboxylic acids is 4. The zero-order chi connectivity index (χ0) is 21.6. The number of hydrogen-bond acceptors (Lipinski definition) is 6. The summed E-state index contributed by atoms with van der Waals surface area (Å²) < 4.78 is 0. The predicted molar refractivity (Wildman–Crippen MR) is 112 cm³/mol. The van der Waals surface area contributed by atoms with Crippen LogP contribution < -0.4 is 10.6 Å². The van der Waals surface area contributed by atoms with E-state index in [0.717, 1.165) is 49.5 Å². The molecule has 4 aliphatic rings. The number of rotatable bonds is 3. The molecule has 3 saturated heterocycles. The lowest BCUT2D eigenvalue weighted by Gasteiger charge is -2.45. The fourth-order valence-electron chi connectivity index (χ4n) is 5.47. The molecule has 1 aromatic carbocycles. The first-order valence-corrected chi connectivity index (χ1v) is 11.3. The molecule has 0 radical (unpaired) electrons. The van der Waals surface area contributed by atoms with Gasteiger partial charge in [0.15, 0.2) is 0 Å². The molecule has 0 saturated carbocycles. The van der Waals surface area contributed by atoms with Crippen LogP contribution >= 0.6 is 0 Å². The second-order valence-corrected chi connectivity index (χ2v) is 9.27. The lowest BCUT2D eigenvalue weighted by Crippen LogP contribution is -2.55. The third kappa shape index (κ3) is 3.68. The highest BCUT2D eigenvalue weighted by Gasteiger charge is 2.44. The number of likely N-dealkylation sites (tertiary alicyclic amines) is 1. The summed E-state index contributed by atoms with van der Waals surface area (Å²) in [7, 11) is 0. The third-order valence-electron chi connectivity index (χ3n) is 7.31. The van der Waals surface area contributed by atoms with Gasteiger partial charge in [0, 0.05) is 31.6 Å². The number of nitrogens with zero attached hydrogens (tertiary/aromatic N) is 2.